The van der Waals surface area contributed by atoms with E-state index in [1.54, 1.807) is 0 Å². The molecule has 2 rings (SSSR count). The maximum absolute atomic E-state index is 13.5. The Morgan fingerprint density at radius 1 is 1.08 bits per heavy atom. The van der Waals surface area contributed by atoms with E-state index < -0.39 is 39.5 Å². The summed E-state index contributed by atoms with van der Waals surface area (Å²) in [5.74, 6) is -3.42. The van der Waals surface area contributed by atoms with E-state index in [0.29, 0.717) is 6.07 Å². The number of hydrogen-bond acceptors (Lipinski definition) is 5. The number of ether oxygens (including phenoxy) is 1. The molecular weight excluding hydrogens is 368 g/mol. The van der Waals surface area contributed by atoms with Gasteiger partial charge in [0.2, 0.25) is 0 Å². The maximum atomic E-state index is 13.5. The zero-order valence-electron chi connectivity index (χ0n) is 13.8. The highest BCUT2D eigenvalue weighted by atomic mass is 32.2. The van der Waals surface area contributed by atoms with Crippen LogP contribution in [0.5, 0.6) is 0 Å². The Bertz CT molecular complexity index is 942. The third-order valence-electron chi connectivity index (χ3n) is 3.36. The summed E-state index contributed by atoms with van der Waals surface area (Å²) in [6.07, 6.45) is -0.233. The summed E-state index contributed by atoms with van der Waals surface area (Å²) in [6.45, 7) is 1.28. The molecule has 0 saturated carbocycles. The Kier molecular flexibility index (Phi) is 5.71. The van der Waals surface area contributed by atoms with Gasteiger partial charge in [0.25, 0.3) is 5.91 Å². The summed E-state index contributed by atoms with van der Waals surface area (Å²) in [7, 11) is -3.40. The highest BCUT2D eigenvalue weighted by Crippen LogP contribution is 2.16. The van der Waals surface area contributed by atoms with Crippen LogP contribution in [-0.4, -0.2) is 32.7 Å². The van der Waals surface area contributed by atoms with Gasteiger partial charge < -0.3 is 10.1 Å². The molecule has 0 aliphatic heterocycles. The van der Waals surface area contributed by atoms with E-state index in [2.05, 4.69) is 5.32 Å². The van der Waals surface area contributed by atoms with Crippen LogP contribution in [0.1, 0.15) is 17.3 Å². The maximum Gasteiger partial charge on any atom is 0.338 e. The van der Waals surface area contributed by atoms with Crippen LogP contribution in [0, 0.1) is 11.6 Å². The number of rotatable bonds is 5. The molecule has 0 aliphatic carbocycles. The van der Waals surface area contributed by atoms with Crippen LogP contribution in [0.2, 0.25) is 0 Å². The second-order valence-electron chi connectivity index (χ2n) is 5.46. The number of amides is 1. The summed E-state index contributed by atoms with van der Waals surface area (Å²) in [4.78, 5) is 24.0. The zero-order valence-corrected chi connectivity index (χ0v) is 14.6. The first kappa shape index (κ1) is 19.5. The Labute approximate surface area is 148 Å². The van der Waals surface area contributed by atoms with Crippen LogP contribution < -0.4 is 5.32 Å². The predicted octanol–water partition coefficient (Wildman–Crippen LogP) is 2.55. The molecule has 0 aliphatic rings. The average Bonchev–Trinajstić information content (AvgIpc) is 2.56. The van der Waals surface area contributed by atoms with Crippen molar-refractivity contribution < 1.29 is 31.5 Å². The number of anilines is 1. The highest BCUT2D eigenvalue weighted by molar-refractivity contribution is 7.90. The van der Waals surface area contributed by atoms with E-state index in [1.165, 1.54) is 31.2 Å². The molecule has 1 N–H and O–H groups in total. The summed E-state index contributed by atoms with van der Waals surface area (Å²) in [5.41, 5.74) is -0.207. The van der Waals surface area contributed by atoms with Crippen LogP contribution >= 0.6 is 0 Å². The van der Waals surface area contributed by atoms with Crippen molar-refractivity contribution in [3.8, 4) is 0 Å². The standard InChI is InChI=1S/C17H15F2NO5S/c1-10(16(21)20-15-8-5-12(18)9-14(15)19)25-17(22)11-3-6-13(7-4-11)26(2,23)24/h3-10H,1-2H3,(H,20,21)/t10-/m1/s1. The van der Waals surface area contributed by atoms with Gasteiger partial charge in [-0.1, -0.05) is 0 Å². The molecule has 0 fully saturated rings. The lowest BCUT2D eigenvalue weighted by molar-refractivity contribution is -0.123. The molecule has 9 heteroatoms. The normalized spacial score (nSPS) is 12.3. The fourth-order valence-electron chi connectivity index (χ4n) is 1.95. The largest absolute Gasteiger partial charge is 0.449 e. The van der Waals surface area contributed by atoms with Crippen LogP contribution in [0.25, 0.3) is 0 Å². The van der Waals surface area contributed by atoms with Gasteiger partial charge in [-0.15, -0.1) is 0 Å². The van der Waals surface area contributed by atoms with E-state index in [0.717, 1.165) is 18.4 Å². The van der Waals surface area contributed by atoms with Gasteiger partial charge in [-0.25, -0.2) is 22.0 Å². The van der Waals surface area contributed by atoms with E-state index in [4.69, 9.17) is 4.74 Å². The number of carbonyl (C=O) groups excluding carboxylic acids is 2. The van der Waals surface area contributed by atoms with Crippen LogP contribution in [0.3, 0.4) is 0 Å². The lowest BCUT2D eigenvalue weighted by Crippen LogP contribution is -2.30. The molecule has 0 saturated heterocycles. The minimum atomic E-state index is -3.40. The number of halogens is 2. The van der Waals surface area contributed by atoms with Gasteiger partial charge in [0.15, 0.2) is 15.9 Å². The smallest absolute Gasteiger partial charge is 0.338 e. The lowest BCUT2D eigenvalue weighted by atomic mass is 10.2. The quantitative estimate of drug-likeness (QED) is 0.802. The number of sulfone groups is 1. The number of carbonyl (C=O) groups is 2. The summed E-state index contributed by atoms with van der Waals surface area (Å²) < 4.78 is 54.1. The molecule has 0 spiro atoms. The molecular formula is C17H15F2NO5S. The minimum Gasteiger partial charge on any atom is -0.449 e. The molecule has 26 heavy (non-hydrogen) atoms. The van der Waals surface area contributed by atoms with Crippen LogP contribution in [0.4, 0.5) is 14.5 Å². The van der Waals surface area contributed by atoms with Crippen molar-refractivity contribution in [2.24, 2.45) is 0 Å². The van der Waals surface area contributed by atoms with Gasteiger partial charge >= 0.3 is 5.97 Å². The molecule has 2 aromatic carbocycles. The van der Waals surface area contributed by atoms with E-state index in [1.807, 2.05) is 0 Å². The predicted molar refractivity (Wildman–Crippen MR) is 89.4 cm³/mol. The Hall–Kier alpha value is -2.81. The van der Waals surface area contributed by atoms with Crippen molar-refractivity contribution in [3.63, 3.8) is 0 Å². The minimum absolute atomic E-state index is 0.0339. The summed E-state index contributed by atoms with van der Waals surface area (Å²) >= 11 is 0. The monoisotopic (exact) mass is 383 g/mol. The van der Waals surface area contributed by atoms with Crippen molar-refractivity contribution >= 4 is 27.4 Å². The second-order valence-corrected chi connectivity index (χ2v) is 7.47. The Morgan fingerprint density at radius 2 is 1.69 bits per heavy atom. The topological polar surface area (TPSA) is 89.5 Å². The second kappa shape index (κ2) is 7.61. The van der Waals surface area contributed by atoms with Crippen molar-refractivity contribution in [1.29, 1.82) is 0 Å². The number of benzene rings is 2. The van der Waals surface area contributed by atoms with Gasteiger partial charge in [-0.3, -0.25) is 4.79 Å². The van der Waals surface area contributed by atoms with Gasteiger partial charge in [0, 0.05) is 12.3 Å². The summed E-state index contributed by atoms with van der Waals surface area (Å²) in [5, 5.41) is 2.19. The first-order chi connectivity index (χ1) is 12.1. The molecule has 2 aromatic rings. The zero-order chi connectivity index (χ0) is 19.5. The fraction of sp³-hybridized carbons (Fsp3) is 0.176. The lowest BCUT2D eigenvalue weighted by Gasteiger charge is -2.14. The molecule has 0 aromatic heterocycles. The third kappa shape index (κ3) is 4.85. The van der Waals surface area contributed by atoms with Gasteiger partial charge in [-0.05, 0) is 43.3 Å². The Morgan fingerprint density at radius 3 is 2.23 bits per heavy atom. The summed E-state index contributed by atoms with van der Waals surface area (Å²) in [6, 6.07) is 7.61. The first-order valence-electron chi connectivity index (χ1n) is 7.35. The highest BCUT2D eigenvalue weighted by Gasteiger charge is 2.20. The molecule has 1 amide bonds. The molecule has 6 nitrogen and oxygen atoms in total. The van der Waals surface area contributed by atoms with Gasteiger partial charge in [-0.2, -0.15) is 0 Å². The average molecular weight is 383 g/mol. The number of esters is 1. The van der Waals surface area contributed by atoms with Crippen molar-refractivity contribution in [2.45, 2.75) is 17.9 Å². The number of hydrogen-bond donors (Lipinski definition) is 1. The molecule has 0 unspecified atom stereocenters. The number of nitrogens with one attached hydrogen (secondary N) is 1. The molecule has 0 radical (unpaired) electrons. The molecule has 138 valence electrons. The third-order valence-corrected chi connectivity index (χ3v) is 4.49. The van der Waals surface area contributed by atoms with E-state index >= 15 is 0 Å². The SMILES string of the molecule is C[C@@H](OC(=O)c1ccc(S(C)(=O)=O)cc1)C(=O)Nc1ccc(F)cc1F. The van der Waals surface area contributed by atoms with Crippen molar-refractivity contribution in [1.82, 2.24) is 0 Å². The van der Waals surface area contributed by atoms with E-state index in [9.17, 15) is 26.8 Å². The van der Waals surface area contributed by atoms with Gasteiger partial charge in [0.05, 0.1) is 16.1 Å². The molecule has 1 atom stereocenters. The van der Waals surface area contributed by atoms with Crippen molar-refractivity contribution in [2.75, 3.05) is 11.6 Å². The Balaban J connectivity index is 2.02. The van der Waals surface area contributed by atoms with Gasteiger partial charge in [0.1, 0.15) is 11.6 Å². The van der Waals surface area contributed by atoms with Crippen molar-refractivity contribution in [3.05, 3.63) is 59.7 Å². The van der Waals surface area contributed by atoms with Crippen LogP contribution in [0.15, 0.2) is 47.4 Å². The van der Waals surface area contributed by atoms with E-state index in [-0.39, 0.29) is 16.1 Å². The van der Waals surface area contributed by atoms with Crippen LogP contribution in [-0.2, 0) is 19.4 Å². The molecule has 0 heterocycles. The first-order valence-corrected chi connectivity index (χ1v) is 9.24. The molecule has 0 bridgehead atoms. The fourth-order valence-corrected chi connectivity index (χ4v) is 2.58.